The van der Waals surface area contributed by atoms with Gasteiger partial charge in [-0.05, 0) is 25.1 Å². The molecule has 0 atom stereocenters. The topological polar surface area (TPSA) is 111 Å². The van der Waals surface area contributed by atoms with Gasteiger partial charge in [-0.1, -0.05) is 0 Å². The van der Waals surface area contributed by atoms with Gasteiger partial charge >= 0.3 is 0 Å². The Hall–Kier alpha value is -2.90. The molecule has 1 aromatic carbocycles. The summed E-state index contributed by atoms with van der Waals surface area (Å²) in [5.41, 5.74) is 4.22. The number of nitrogens with two attached hydrogens (primary N) is 1. The zero-order chi connectivity index (χ0) is 15.6. The molecule has 0 saturated carbocycles. The summed E-state index contributed by atoms with van der Waals surface area (Å²) < 4.78 is 18.6. The summed E-state index contributed by atoms with van der Waals surface area (Å²) in [6.07, 6.45) is 0. The molecule has 1 amide bonds. The molecule has 7 nitrogen and oxygen atoms in total. The van der Waals surface area contributed by atoms with Gasteiger partial charge in [0.25, 0.3) is 11.6 Å². The van der Waals surface area contributed by atoms with Crippen molar-refractivity contribution in [1.29, 1.82) is 0 Å². The zero-order valence-corrected chi connectivity index (χ0v) is 11.1. The molecule has 110 valence electrons. The van der Waals surface area contributed by atoms with Gasteiger partial charge in [0, 0.05) is 0 Å². The average molecular weight is 293 g/mol. The van der Waals surface area contributed by atoms with Gasteiger partial charge in [-0.25, -0.2) is 4.39 Å². The number of anilines is 1. The number of rotatable bonds is 4. The van der Waals surface area contributed by atoms with Crippen LogP contribution in [-0.4, -0.2) is 10.8 Å². The lowest BCUT2D eigenvalue weighted by molar-refractivity contribution is -0.384. The average Bonchev–Trinajstić information content (AvgIpc) is 2.83. The summed E-state index contributed by atoms with van der Waals surface area (Å²) in [5.74, 6) is -0.440. The predicted molar refractivity (Wildman–Crippen MR) is 72.1 cm³/mol. The van der Waals surface area contributed by atoms with E-state index in [1.807, 2.05) is 0 Å². The highest BCUT2D eigenvalue weighted by Gasteiger charge is 2.21. The fraction of sp³-hybridized carbons (Fsp3) is 0.154. The maximum atomic E-state index is 13.3. The number of nitrogen functional groups attached to an aromatic ring is 1. The number of nitrogens with one attached hydrogen (secondary N) is 1. The van der Waals surface area contributed by atoms with Crippen LogP contribution >= 0.6 is 0 Å². The monoisotopic (exact) mass is 293 g/mol. The Morgan fingerprint density at radius 3 is 2.76 bits per heavy atom. The van der Waals surface area contributed by atoms with E-state index in [1.54, 1.807) is 19.1 Å². The molecule has 2 aromatic rings. The van der Waals surface area contributed by atoms with Crippen LogP contribution < -0.4 is 11.1 Å². The highest BCUT2D eigenvalue weighted by Crippen LogP contribution is 2.26. The Morgan fingerprint density at radius 1 is 1.48 bits per heavy atom. The number of carbonyl (C=O) groups is 1. The van der Waals surface area contributed by atoms with Crippen LogP contribution in [0.2, 0.25) is 0 Å². The minimum absolute atomic E-state index is 0.0659. The normalized spacial score (nSPS) is 10.4. The highest BCUT2D eigenvalue weighted by atomic mass is 19.1. The molecule has 0 bridgehead atoms. The van der Waals surface area contributed by atoms with Gasteiger partial charge in [0.15, 0.2) is 0 Å². The second-order valence-corrected chi connectivity index (χ2v) is 4.34. The van der Waals surface area contributed by atoms with Crippen LogP contribution in [0.25, 0.3) is 0 Å². The molecule has 0 radical (unpaired) electrons. The Morgan fingerprint density at radius 2 is 2.19 bits per heavy atom. The predicted octanol–water partition coefficient (Wildman–Crippen LogP) is 2.15. The zero-order valence-electron chi connectivity index (χ0n) is 11.1. The number of halogens is 1. The number of nitrogens with zero attached hydrogens (tertiary/aromatic N) is 1. The van der Waals surface area contributed by atoms with Crippen LogP contribution in [0, 0.1) is 22.9 Å². The van der Waals surface area contributed by atoms with Crippen molar-refractivity contribution < 1.29 is 18.5 Å². The van der Waals surface area contributed by atoms with E-state index in [9.17, 15) is 19.3 Å². The smallest absolute Gasteiger partial charge is 0.295 e. The summed E-state index contributed by atoms with van der Waals surface area (Å²) in [4.78, 5) is 21.9. The lowest BCUT2D eigenvalue weighted by Gasteiger charge is -2.07. The number of hydrogen-bond acceptors (Lipinski definition) is 5. The van der Waals surface area contributed by atoms with E-state index in [-0.39, 0.29) is 17.8 Å². The van der Waals surface area contributed by atoms with E-state index in [4.69, 9.17) is 10.2 Å². The molecular formula is C13H12FN3O4. The number of amides is 1. The molecule has 0 fully saturated rings. The number of nitro benzene ring substituents is 1. The summed E-state index contributed by atoms with van der Waals surface area (Å²) in [6.45, 7) is 1.82. The van der Waals surface area contributed by atoms with E-state index in [0.29, 0.717) is 17.6 Å². The molecule has 1 heterocycles. The Labute approximate surface area is 118 Å². The van der Waals surface area contributed by atoms with Crippen molar-refractivity contribution in [2.45, 2.75) is 13.5 Å². The lowest BCUT2D eigenvalue weighted by atomic mass is 10.1. The van der Waals surface area contributed by atoms with Crippen LogP contribution in [-0.2, 0) is 6.54 Å². The van der Waals surface area contributed by atoms with Crippen LogP contribution in [0.4, 0.5) is 15.8 Å². The van der Waals surface area contributed by atoms with Crippen molar-refractivity contribution in [3.8, 4) is 0 Å². The summed E-state index contributed by atoms with van der Waals surface area (Å²) in [5, 5.41) is 13.2. The van der Waals surface area contributed by atoms with Crippen molar-refractivity contribution in [2.24, 2.45) is 0 Å². The van der Waals surface area contributed by atoms with Crippen LogP contribution in [0.15, 0.2) is 28.7 Å². The number of carbonyl (C=O) groups excluding carboxylic acids is 1. The van der Waals surface area contributed by atoms with Gasteiger partial charge in [0.2, 0.25) is 0 Å². The fourth-order valence-electron chi connectivity index (χ4n) is 1.79. The molecule has 0 spiro atoms. The van der Waals surface area contributed by atoms with Gasteiger partial charge in [-0.15, -0.1) is 0 Å². The maximum absolute atomic E-state index is 13.3. The summed E-state index contributed by atoms with van der Waals surface area (Å²) >= 11 is 0. The van der Waals surface area contributed by atoms with Crippen molar-refractivity contribution in [2.75, 3.05) is 5.73 Å². The first-order valence-electron chi connectivity index (χ1n) is 5.95. The second kappa shape index (κ2) is 5.61. The summed E-state index contributed by atoms with van der Waals surface area (Å²) in [6, 6.07) is 4.92. The van der Waals surface area contributed by atoms with E-state index >= 15 is 0 Å². The molecule has 1 aromatic heterocycles. The largest absolute Gasteiger partial charge is 0.465 e. The molecule has 3 N–H and O–H groups in total. The van der Waals surface area contributed by atoms with Gasteiger partial charge in [-0.3, -0.25) is 14.9 Å². The van der Waals surface area contributed by atoms with Crippen molar-refractivity contribution in [1.82, 2.24) is 5.32 Å². The molecular weight excluding hydrogens is 281 g/mol. The maximum Gasteiger partial charge on any atom is 0.295 e. The number of hydrogen-bond donors (Lipinski definition) is 2. The number of benzene rings is 1. The highest BCUT2D eigenvalue weighted by molar-refractivity contribution is 6.00. The Bertz CT molecular complexity index is 711. The second-order valence-electron chi connectivity index (χ2n) is 4.34. The van der Waals surface area contributed by atoms with E-state index < -0.39 is 22.3 Å². The first-order valence-corrected chi connectivity index (χ1v) is 5.95. The van der Waals surface area contributed by atoms with Gasteiger partial charge < -0.3 is 15.5 Å². The lowest BCUT2D eigenvalue weighted by Crippen LogP contribution is -2.24. The Kier molecular flexibility index (Phi) is 3.88. The Balaban J connectivity index is 2.21. The quantitative estimate of drug-likeness (QED) is 0.509. The van der Waals surface area contributed by atoms with Crippen LogP contribution in [0.1, 0.15) is 21.9 Å². The molecule has 8 heteroatoms. The third-order valence-corrected chi connectivity index (χ3v) is 2.78. The van der Waals surface area contributed by atoms with E-state index in [0.717, 1.165) is 6.07 Å². The molecule has 2 rings (SSSR count). The fourth-order valence-corrected chi connectivity index (χ4v) is 1.79. The molecule has 0 saturated heterocycles. The van der Waals surface area contributed by atoms with Crippen LogP contribution in [0.5, 0.6) is 0 Å². The van der Waals surface area contributed by atoms with Crippen molar-refractivity contribution >= 4 is 17.3 Å². The van der Waals surface area contributed by atoms with Crippen molar-refractivity contribution in [3.05, 3.63) is 57.3 Å². The van der Waals surface area contributed by atoms with Crippen molar-refractivity contribution in [3.63, 3.8) is 0 Å². The first-order chi connectivity index (χ1) is 9.88. The molecule has 0 aliphatic carbocycles. The first kappa shape index (κ1) is 14.5. The number of furan rings is 1. The number of nitro groups is 1. The molecule has 21 heavy (non-hydrogen) atoms. The number of aryl methyl sites for hydroxylation is 1. The molecule has 0 aliphatic rings. The third-order valence-electron chi connectivity index (χ3n) is 2.78. The van der Waals surface area contributed by atoms with Crippen LogP contribution in [0.3, 0.4) is 0 Å². The van der Waals surface area contributed by atoms with E-state index in [2.05, 4.69) is 5.32 Å². The van der Waals surface area contributed by atoms with Gasteiger partial charge in [-0.2, -0.15) is 0 Å². The minimum atomic E-state index is -0.908. The van der Waals surface area contributed by atoms with Gasteiger partial charge in [0.05, 0.1) is 23.1 Å². The van der Waals surface area contributed by atoms with E-state index in [1.165, 1.54) is 0 Å². The third kappa shape index (κ3) is 3.16. The summed E-state index contributed by atoms with van der Waals surface area (Å²) in [7, 11) is 0. The van der Waals surface area contributed by atoms with Gasteiger partial charge in [0.1, 0.15) is 23.0 Å². The SMILES string of the molecule is Cc1ccc(CNC(=O)c2cc(F)cc([N+](=O)[O-])c2N)o1. The molecule has 0 aliphatic heterocycles. The standard InChI is InChI=1S/C13H12FN3O4/c1-7-2-3-9(21-7)6-16-13(18)10-4-8(14)5-11(12(10)15)17(19)20/h2-5H,6,15H2,1H3,(H,16,18). The minimum Gasteiger partial charge on any atom is -0.465 e. The molecule has 0 unspecified atom stereocenters.